The first-order valence-electron chi connectivity index (χ1n) is 16.7. The summed E-state index contributed by atoms with van der Waals surface area (Å²) in [6.45, 7) is 17.9. The van der Waals surface area contributed by atoms with Crippen LogP contribution in [-0.4, -0.2) is 21.5 Å². The summed E-state index contributed by atoms with van der Waals surface area (Å²) in [4.78, 5) is 9.98. The average molecular weight is 811 g/mol. The van der Waals surface area contributed by atoms with E-state index in [2.05, 4.69) is 145 Å². The number of nitrogens with zero attached hydrogens (tertiary/aromatic N) is 3. The number of aryl methyl sites for hydroxylation is 2. The smallest absolute Gasteiger partial charge is 0.510 e. The van der Waals surface area contributed by atoms with E-state index in [-0.39, 0.29) is 44.0 Å². The molecule has 4 aromatic carbocycles. The van der Waals surface area contributed by atoms with Gasteiger partial charge in [-0.25, -0.2) is 0 Å². The molecule has 0 saturated heterocycles. The van der Waals surface area contributed by atoms with Crippen molar-refractivity contribution in [1.82, 2.24) is 9.55 Å². The van der Waals surface area contributed by atoms with E-state index in [1.165, 1.54) is 27.6 Å². The zero-order valence-corrected chi connectivity index (χ0v) is 31.2. The number of aromatic nitrogens is 2. The van der Waals surface area contributed by atoms with Gasteiger partial charge in [-0.1, -0.05) is 109 Å². The van der Waals surface area contributed by atoms with Gasteiger partial charge in [-0.3, -0.25) is 4.99 Å². The monoisotopic (exact) mass is 810 g/mol. The first kappa shape index (κ1) is 32.5. The van der Waals surface area contributed by atoms with Crippen molar-refractivity contribution in [3.05, 3.63) is 130 Å². The predicted octanol–water partition coefficient (Wildman–Crippen LogP) is 10.1. The van der Waals surface area contributed by atoms with Gasteiger partial charge in [-0.15, -0.1) is 47.0 Å². The Hall–Kier alpha value is -4.01. The van der Waals surface area contributed by atoms with Crippen molar-refractivity contribution in [2.75, 3.05) is 0 Å². The maximum atomic E-state index is 6.74. The van der Waals surface area contributed by atoms with Crippen molar-refractivity contribution in [2.45, 2.75) is 84.8 Å². The molecule has 48 heavy (non-hydrogen) atoms. The van der Waals surface area contributed by atoms with Crippen LogP contribution in [-0.2, 0) is 43.1 Å². The molecule has 2 aliphatic rings. The number of rotatable bonds is 3. The third-order valence-corrected chi connectivity index (χ3v) is 9.98. The molecular weight excluding hydrogens is 770 g/mol. The Morgan fingerprint density at radius 2 is 1.60 bits per heavy atom. The molecule has 0 saturated carbocycles. The second kappa shape index (κ2) is 11.6. The summed E-state index contributed by atoms with van der Waals surface area (Å²) in [5, 5.41) is 2.34. The van der Waals surface area contributed by atoms with Crippen LogP contribution >= 0.6 is 0 Å². The molecule has 2 atom stereocenters. The summed E-state index contributed by atoms with van der Waals surface area (Å²) >= 11 is 0. The Bertz CT molecular complexity index is 2260. The summed E-state index contributed by atoms with van der Waals surface area (Å²) < 4.78 is 9.05. The molecule has 3 heterocycles. The Morgan fingerprint density at radius 3 is 2.38 bits per heavy atom. The van der Waals surface area contributed by atoms with Gasteiger partial charge >= 0.3 is 21.1 Å². The maximum absolute atomic E-state index is 6.74. The van der Waals surface area contributed by atoms with Crippen molar-refractivity contribution < 1.29 is 25.8 Å². The van der Waals surface area contributed by atoms with Crippen LogP contribution < -0.4 is 0 Å². The minimum absolute atomic E-state index is 0. The normalized spacial score (nSPS) is 17.2. The van der Waals surface area contributed by atoms with E-state index in [4.69, 9.17) is 14.7 Å². The van der Waals surface area contributed by atoms with E-state index in [0.717, 1.165) is 56.5 Å². The molecule has 0 fully saturated rings. The molecule has 0 unspecified atom stereocenters. The Balaban J connectivity index is 0.00000364. The fraction of sp³-hybridized carbons (Fsp3) is 0.302. The van der Waals surface area contributed by atoms with Crippen LogP contribution in [0.15, 0.2) is 84.0 Å². The van der Waals surface area contributed by atoms with Gasteiger partial charge in [0.15, 0.2) is 0 Å². The zero-order chi connectivity index (χ0) is 32.8. The van der Waals surface area contributed by atoms with E-state index in [1.54, 1.807) is 0 Å². The van der Waals surface area contributed by atoms with Gasteiger partial charge in [-0.05, 0) is 73.9 Å². The largest absolute Gasteiger partial charge is 2.00 e. The second-order valence-corrected chi connectivity index (χ2v) is 15.4. The molecule has 1 aliphatic carbocycles. The Labute approximate surface area is 298 Å². The summed E-state index contributed by atoms with van der Waals surface area (Å²) in [6, 6.07) is 33.8. The molecule has 6 aromatic rings. The number of aliphatic imine (C=N–C) groups is 1. The van der Waals surface area contributed by atoms with Crippen LogP contribution in [0.1, 0.15) is 86.6 Å². The van der Waals surface area contributed by atoms with E-state index < -0.39 is 0 Å². The van der Waals surface area contributed by atoms with Gasteiger partial charge in [0.1, 0.15) is 12.0 Å². The number of hydrogen-bond acceptors (Lipinski definition) is 3. The van der Waals surface area contributed by atoms with Gasteiger partial charge in [0.25, 0.3) is 0 Å². The van der Waals surface area contributed by atoms with Gasteiger partial charge < -0.3 is 14.3 Å². The first-order chi connectivity index (χ1) is 22.4. The van der Waals surface area contributed by atoms with Crippen molar-refractivity contribution in [3.8, 4) is 16.9 Å². The van der Waals surface area contributed by atoms with Crippen molar-refractivity contribution in [3.63, 3.8) is 0 Å². The van der Waals surface area contributed by atoms with Crippen molar-refractivity contribution in [2.24, 2.45) is 4.99 Å². The number of fused-ring (bicyclic) bond motifs is 6. The fourth-order valence-corrected chi connectivity index (χ4v) is 7.56. The van der Waals surface area contributed by atoms with E-state index in [9.17, 15) is 0 Å². The fourth-order valence-electron chi connectivity index (χ4n) is 7.56. The molecule has 5 heteroatoms. The number of benzene rings is 4. The average Bonchev–Trinajstić information content (AvgIpc) is 3.69. The van der Waals surface area contributed by atoms with Gasteiger partial charge in [-0.2, -0.15) is 0 Å². The van der Waals surface area contributed by atoms with Crippen LogP contribution in [0.2, 0.25) is 0 Å². The van der Waals surface area contributed by atoms with Crippen LogP contribution in [0.3, 0.4) is 0 Å². The molecule has 0 bridgehead atoms. The molecule has 1 aliphatic heterocycles. The minimum Gasteiger partial charge on any atom is -0.510 e. The standard InChI is InChI=1S/C43H41N3O.Pt/c1-25-20-26(2)38(24-32(25)41-45-36-23-33-31(40(36)47-41)13-11-14-34(33)43(6,7)8)46-37-15-10-9-12-29(37)30-17-16-27(21-39(30)46)35-22-28(18-19-44-35)42(3,4)5;/h9-20,22,36,40H,23H2,1-8H3;/q-2;+2/t36-,40+;/m1./s1. The molecule has 0 spiro atoms. The third-order valence-electron chi connectivity index (χ3n) is 9.98. The quantitative estimate of drug-likeness (QED) is 0.167. The summed E-state index contributed by atoms with van der Waals surface area (Å²) in [5.41, 5.74) is 13.6. The molecule has 2 aromatic heterocycles. The number of pyridine rings is 1. The Kier molecular flexibility index (Phi) is 7.83. The number of hydrogen-bond donors (Lipinski definition) is 0. The molecule has 8 rings (SSSR count). The van der Waals surface area contributed by atoms with E-state index >= 15 is 0 Å². The Morgan fingerprint density at radius 1 is 0.812 bits per heavy atom. The van der Waals surface area contributed by atoms with Crippen molar-refractivity contribution in [1.29, 1.82) is 0 Å². The maximum Gasteiger partial charge on any atom is 2.00 e. The van der Waals surface area contributed by atoms with Gasteiger partial charge in [0.2, 0.25) is 0 Å². The SMILES string of the molecule is Cc1cc(C)c(-n2c3[c-]c(-c4cc(C(C)(C)C)ccn4)ccc3c3ccccc32)[c-]c1C1=N[C@@H]2Cc3c(cccc3C(C)(C)C)[C@@H]2O1.[Pt+2]. The molecule has 244 valence electrons. The second-order valence-electron chi connectivity index (χ2n) is 15.4. The van der Waals surface area contributed by atoms with Crippen LogP contribution in [0, 0.1) is 26.0 Å². The third kappa shape index (κ3) is 5.24. The molecule has 4 nitrogen and oxygen atoms in total. The molecule has 0 amide bonds. The topological polar surface area (TPSA) is 39.4 Å². The number of ether oxygens (including phenoxy) is 1. The minimum atomic E-state index is -0.0552. The van der Waals surface area contributed by atoms with Gasteiger partial charge in [0.05, 0.1) is 6.04 Å². The van der Waals surface area contributed by atoms with Gasteiger partial charge in [0, 0.05) is 11.7 Å². The first-order valence-corrected chi connectivity index (χ1v) is 16.7. The van der Waals surface area contributed by atoms with Crippen molar-refractivity contribution >= 4 is 27.7 Å². The molecule has 0 radical (unpaired) electrons. The number of para-hydroxylation sites is 1. The predicted molar refractivity (Wildman–Crippen MR) is 193 cm³/mol. The summed E-state index contributed by atoms with van der Waals surface area (Å²) in [6.07, 6.45) is 2.76. The van der Waals surface area contributed by atoms with Crippen LogP contribution in [0.4, 0.5) is 0 Å². The van der Waals surface area contributed by atoms with Crippen LogP contribution in [0.5, 0.6) is 0 Å². The van der Waals surface area contributed by atoms with E-state index in [0.29, 0.717) is 5.90 Å². The van der Waals surface area contributed by atoms with E-state index in [1.807, 2.05) is 6.20 Å². The molecule has 0 N–H and O–H groups in total. The summed E-state index contributed by atoms with van der Waals surface area (Å²) in [5.74, 6) is 0.694. The van der Waals surface area contributed by atoms with Crippen LogP contribution in [0.25, 0.3) is 38.8 Å². The summed E-state index contributed by atoms with van der Waals surface area (Å²) in [7, 11) is 0. The zero-order valence-electron chi connectivity index (χ0n) is 28.9. The molecular formula is C43H41N3OPt.